The fourth-order valence-electron chi connectivity index (χ4n) is 2.59. The van der Waals surface area contributed by atoms with E-state index in [4.69, 9.17) is 10.7 Å². The van der Waals surface area contributed by atoms with Crippen LogP contribution in [-0.4, -0.2) is 16.1 Å². The van der Waals surface area contributed by atoms with E-state index in [0.717, 1.165) is 5.52 Å². The summed E-state index contributed by atoms with van der Waals surface area (Å²) in [5.41, 5.74) is 8.17. The van der Waals surface area contributed by atoms with Gasteiger partial charge in [0.2, 0.25) is 0 Å². The quantitative estimate of drug-likeness (QED) is 0.879. The third kappa shape index (κ3) is 1.65. The normalized spacial score (nSPS) is 18.2. The van der Waals surface area contributed by atoms with Gasteiger partial charge in [-0.3, -0.25) is 0 Å². The van der Waals surface area contributed by atoms with Crippen LogP contribution in [0.15, 0.2) is 24.3 Å². The lowest BCUT2D eigenvalue weighted by molar-refractivity contribution is 0.378. The predicted molar refractivity (Wildman–Crippen MR) is 70.1 cm³/mol. The number of nitrogens with zero attached hydrogens (tertiary/aromatic N) is 2. The van der Waals surface area contributed by atoms with Crippen molar-refractivity contribution in [3.05, 3.63) is 30.1 Å². The van der Waals surface area contributed by atoms with E-state index < -0.39 is 0 Å². The number of imidazole rings is 1. The first kappa shape index (κ1) is 10.8. The molecule has 1 unspecified atom stereocenters. The number of rotatable bonds is 3. The lowest BCUT2D eigenvalue weighted by Gasteiger charge is -2.27. The minimum atomic E-state index is 0.331. The third-order valence-electron chi connectivity index (χ3n) is 3.88. The number of benzene rings is 1. The Balaban J connectivity index is 2.18. The lowest BCUT2D eigenvalue weighted by Crippen LogP contribution is -2.22. The number of aromatic nitrogens is 2. The van der Waals surface area contributed by atoms with Crippen LogP contribution in [0.1, 0.15) is 44.0 Å². The first-order valence-corrected chi connectivity index (χ1v) is 6.48. The molecule has 0 spiro atoms. The maximum Gasteiger partial charge on any atom is 0.113 e. The number of hydrogen-bond acceptors (Lipinski definition) is 2. The van der Waals surface area contributed by atoms with Gasteiger partial charge in [-0.25, -0.2) is 4.98 Å². The third-order valence-corrected chi connectivity index (χ3v) is 3.88. The Labute approximate surface area is 102 Å². The van der Waals surface area contributed by atoms with Crippen LogP contribution in [0.5, 0.6) is 0 Å². The van der Waals surface area contributed by atoms with Crippen molar-refractivity contribution >= 4 is 11.0 Å². The van der Waals surface area contributed by atoms with Crippen molar-refractivity contribution in [1.82, 2.24) is 9.55 Å². The van der Waals surface area contributed by atoms with Crippen molar-refractivity contribution in [3.8, 4) is 0 Å². The summed E-state index contributed by atoms with van der Waals surface area (Å²) in [6.45, 7) is 2.84. The SMILES string of the molecule is CC(CN)n1c(C2CCC2)nc2ccccc21. The summed E-state index contributed by atoms with van der Waals surface area (Å²) in [7, 11) is 0. The molecular formula is C14H19N3. The van der Waals surface area contributed by atoms with Crippen LogP contribution in [-0.2, 0) is 0 Å². The second-order valence-corrected chi connectivity index (χ2v) is 5.04. The highest BCUT2D eigenvalue weighted by molar-refractivity contribution is 5.76. The molecule has 1 aliphatic carbocycles. The second-order valence-electron chi connectivity index (χ2n) is 5.04. The van der Waals surface area contributed by atoms with Crippen LogP contribution < -0.4 is 5.73 Å². The van der Waals surface area contributed by atoms with Crippen molar-refractivity contribution in [2.45, 2.75) is 38.1 Å². The molecule has 90 valence electrons. The van der Waals surface area contributed by atoms with Crippen molar-refractivity contribution < 1.29 is 0 Å². The van der Waals surface area contributed by atoms with Gasteiger partial charge >= 0.3 is 0 Å². The number of fused-ring (bicyclic) bond motifs is 1. The molecule has 0 radical (unpaired) electrons. The number of hydrogen-bond donors (Lipinski definition) is 1. The minimum Gasteiger partial charge on any atom is -0.328 e. The zero-order chi connectivity index (χ0) is 11.8. The van der Waals surface area contributed by atoms with Crippen LogP contribution in [0.25, 0.3) is 11.0 Å². The summed E-state index contributed by atoms with van der Waals surface area (Å²) in [6, 6.07) is 8.71. The van der Waals surface area contributed by atoms with Crippen LogP contribution in [0.3, 0.4) is 0 Å². The Morgan fingerprint density at radius 2 is 2.18 bits per heavy atom. The molecule has 2 N–H and O–H groups in total. The lowest BCUT2D eigenvalue weighted by atomic mass is 9.84. The second kappa shape index (κ2) is 4.15. The molecule has 17 heavy (non-hydrogen) atoms. The molecule has 3 heteroatoms. The van der Waals surface area contributed by atoms with Gasteiger partial charge in [0.15, 0.2) is 0 Å². The highest BCUT2D eigenvalue weighted by Crippen LogP contribution is 2.38. The molecule has 1 heterocycles. The molecule has 0 bridgehead atoms. The maximum atomic E-state index is 5.83. The van der Waals surface area contributed by atoms with Gasteiger partial charge in [-0.1, -0.05) is 18.6 Å². The Hall–Kier alpha value is -1.35. The van der Waals surface area contributed by atoms with Crippen LogP contribution in [0, 0.1) is 0 Å². The molecule has 2 aromatic rings. The van der Waals surface area contributed by atoms with Crippen LogP contribution in [0.4, 0.5) is 0 Å². The van der Waals surface area contributed by atoms with E-state index >= 15 is 0 Å². The fourth-order valence-corrected chi connectivity index (χ4v) is 2.59. The van der Waals surface area contributed by atoms with Gasteiger partial charge in [0.1, 0.15) is 5.82 Å². The van der Waals surface area contributed by atoms with Crippen molar-refractivity contribution in [2.24, 2.45) is 5.73 Å². The van der Waals surface area contributed by atoms with E-state index in [1.54, 1.807) is 0 Å². The highest BCUT2D eigenvalue weighted by atomic mass is 15.1. The van der Waals surface area contributed by atoms with E-state index in [-0.39, 0.29) is 0 Å². The Morgan fingerprint density at radius 3 is 2.82 bits per heavy atom. The Kier molecular flexibility index (Phi) is 2.63. The molecule has 1 aromatic heterocycles. The smallest absolute Gasteiger partial charge is 0.113 e. The van der Waals surface area contributed by atoms with E-state index in [0.29, 0.717) is 18.5 Å². The molecule has 1 aliphatic rings. The molecule has 1 atom stereocenters. The molecule has 3 rings (SSSR count). The van der Waals surface area contributed by atoms with Crippen molar-refractivity contribution in [3.63, 3.8) is 0 Å². The van der Waals surface area contributed by atoms with Gasteiger partial charge in [-0.15, -0.1) is 0 Å². The van der Waals surface area contributed by atoms with E-state index in [1.165, 1.54) is 30.6 Å². The minimum absolute atomic E-state index is 0.331. The summed E-state index contributed by atoms with van der Waals surface area (Å²) in [6.07, 6.45) is 3.89. The van der Waals surface area contributed by atoms with Gasteiger partial charge in [0, 0.05) is 18.5 Å². The first-order chi connectivity index (χ1) is 8.31. The molecular weight excluding hydrogens is 210 g/mol. The van der Waals surface area contributed by atoms with Gasteiger partial charge in [-0.05, 0) is 31.9 Å². The van der Waals surface area contributed by atoms with Crippen molar-refractivity contribution in [2.75, 3.05) is 6.54 Å². The predicted octanol–water partition coefficient (Wildman–Crippen LogP) is 2.82. The monoisotopic (exact) mass is 229 g/mol. The van der Waals surface area contributed by atoms with Crippen LogP contribution in [0.2, 0.25) is 0 Å². The maximum absolute atomic E-state index is 5.83. The average Bonchev–Trinajstić information content (AvgIpc) is 2.64. The molecule has 1 aromatic carbocycles. The van der Waals surface area contributed by atoms with Crippen LogP contribution >= 0.6 is 0 Å². The molecule has 0 aliphatic heterocycles. The topological polar surface area (TPSA) is 43.8 Å². The van der Waals surface area contributed by atoms with Gasteiger partial charge in [-0.2, -0.15) is 0 Å². The highest BCUT2D eigenvalue weighted by Gasteiger charge is 2.26. The summed E-state index contributed by atoms with van der Waals surface area (Å²) in [5.74, 6) is 1.90. The number of nitrogens with two attached hydrogens (primary N) is 1. The summed E-state index contributed by atoms with van der Waals surface area (Å²) in [4.78, 5) is 4.81. The molecule has 3 nitrogen and oxygen atoms in total. The molecule has 1 saturated carbocycles. The van der Waals surface area contributed by atoms with Gasteiger partial charge in [0.05, 0.1) is 11.0 Å². The van der Waals surface area contributed by atoms with E-state index in [9.17, 15) is 0 Å². The summed E-state index contributed by atoms with van der Waals surface area (Å²) < 4.78 is 2.35. The largest absolute Gasteiger partial charge is 0.328 e. The van der Waals surface area contributed by atoms with Gasteiger partial charge < -0.3 is 10.3 Å². The molecule has 1 fully saturated rings. The van der Waals surface area contributed by atoms with E-state index in [2.05, 4.69) is 35.8 Å². The molecule has 0 amide bonds. The first-order valence-electron chi connectivity index (χ1n) is 6.48. The zero-order valence-electron chi connectivity index (χ0n) is 10.3. The fraction of sp³-hybridized carbons (Fsp3) is 0.500. The summed E-state index contributed by atoms with van der Waals surface area (Å²) in [5, 5.41) is 0. The standard InChI is InChI=1S/C14H19N3/c1-10(9-15)17-13-8-3-2-7-12(13)16-14(17)11-5-4-6-11/h2-3,7-8,10-11H,4-6,9,15H2,1H3. The average molecular weight is 229 g/mol. The van der Waals surface area contributed by atoms with Crippen molar-refractivity contribution in [1.29, 1.82) is 0 Å². The number of para-hydroxylation sites is 2. The zero-order valence-corrected chi connectivity index (χ0v) is 10.3. The Bertz CT molecular complexity index is 525. The summed E-state index contributed by atoms with van der Waals surface area (Å²) >= 11 is 0. The van der Waals surface area contributed by atoms with E-state index in [1.807, 2.05) is 0 Å². The Morgan fingerprint density at radius 1 is 1.41 bits per heavy atom. The molecule has 0 saturated heterocycles. The van der Waals surface area contributed by atoms with Gasteiger partial charge in [0.25, 0.3) is 0 Å².